The van der Waals surface area contributed by atoms with Crippen molar-refractivity contribution in [3.8, 4) is 0 Å². The van der Waals surface area contributed by atoms with Gasteiger partial charge in [-0.15, -0.1) is 11.6 Å². The Morgan fingerprint density at radius 1 is 1.29 bits per heavy atom. The second-order valence-corrected chi connectivity index (χ2v) is 5.21. The van der Waals surface area contributed by atoms with Crippen molar-refractivity contribution in [3.63, 3.8) is 0 Å². The summed E-state index contributed by atoms with van der Waals surface area (Å²) in [4.78, 5) is 13.4. The summed E-state index contributed by atoms with van der Waals surface area (Å²) in [5.74, 6) is 0.145. The molecule has 2 nitrogen and oxygen atoms in total. The molecule has 5 heteroatoms. The predicted molar refractivity (Wildman–Crippen MR) is 72.8 cm³/mol. The van der Waals surface area contributed by atoms with Crippen LogP contribution >= 0.6 is 34.8 Å². The van der Waals surface area contributed by atoms with E-state index in [0.29, 0.717) is 22.5 Å². The van der Waals surface area contributed by atoms with Gasteiger partial charge < -0.3 is 4.90 Å². The first kappa shape index (κ1) is 14.6. The average molecular weight is 295 g/mol. The van der Waals surface area contributed by atoms with Gasteiger partial charge in [0.05, 0.1) is 0 Å². The van der Waals surface area contributed by atoms with E-state index in [4.69, 9.17) is 34.8 Å². The van der Waals surface area contributed by atoms with Crippen molar-refractivity contribution in [1.82, 2.24) is 4.90 Å². The van der Waals surface area contributed by atoms with E-state index in [2.05, 4.69) is 0 Å². The van der Waals surface area contributed by atoms with Crippen molar-refractivity contribution in [3.05, 3.63) is 33.8 Å². The van der Waals surface area contributed by atoms with E-state index in [0.717, 1.165) is 5.56 Å². The standard InChI is InChI=1S/C12H14Cl3NO/c1-8(6-13)12(17)16(2)7-9-3-10(14)5-11(15)4-9/h3-5,8H,6-7H2,1-2H3. The summed E-state index contributed by atoms with van der Waals surface area (Å²) in [6.45, 7) is 2.27. The number of halogens is 3. The molecular weight excluding hydrogens is 280 g/mol. The van der Waals surface area contributed by atoms with Crippen molar-refractivity contribution in [2.45, 2.75) is 13.5 Å². The van der Waals surface area contributed by atoms with Gasteiger partial charge in [0.25, 0.3) is 0 Å². The zero-order valence-electron chi connectivity index (χ0n) is 9.71. The number of hydrogen-bond acceptors (Lipinski definition) is 1. The molecule has 1 unspecified atom stereocenters. The van der Waals surface area contributed by atoms with Gasteiger partial charge >= 0.3 is 0 Å². The highest BCUT2D eigenvalue weighted by molar-refractivity contribution is 6.34. The van der Waals surface area contributed by atoms with Crippen LogP contribution in [0.3, 0.4) is 0 Å². The monoisotopic (exact) mass is 293 g/mol. The van der Waals surface area contributed by atoms with E-state index in [-0.39, 0.29) is 11.8 Å². The third kappa shape index (κ3) is 4.38. The lowest BCUT2D eigenvalue weighted by Crippen LogP contribution is -2.31. The van der Waals surface area contributed by atoms with Crippen molar-refractivity contribution in [2.24, 2.45) is 5.92 Å². The van der Waals surface area contributed by atoms with Crippen LogP contribution in [0.1, 0.15) is 12.5 Å². The van der Waals surface area contributed by atoms with Gasteiger partial charge in [-0.05, 0) is 23.8 Å². The summed E-state index contributed by atoms with van der Waals surface area (Å²) < 4.78 is 0. The summed E-state index contributed by atoms with van der Waals surface area (Å²) in [6.07, 6.45) is 0. The molecule has 0 spiro atoms. The van der Waals surface area contributed by atoms with E-state index in [9.17, 15) is 4.79 Å². The molecule has 1 atom stereocenters. The number of hydrogen-bond donors (Lipinski definition) is 0. The molecule has 0 N–H and O–H groups in total. The maximum Gasteiger partial charge on any atom is 0.226 e. The first-order chi connectivity index (χ1) is 7.93. The number of benzene rings is 1. The Kier molecular flexibility index (Phi) is 5.57. The summed E-state index contributed by atoms with van der Waals surface area (Å²) in [6, 6.07) is 5.25. The van der Waals surface area contributed by atoms with Crippen molar-refractivity contribution >= 4 is 40.7 Å². The molecule has 0 aromatic heterocycles. The van der Waals surface area contributed by atoms with E-state index in [1.54, 1.807) is 37.1 Å². The van der Waals surface area contributed by atoms with Gasteiger partial charge in [-0.25, -0.2) is 0 Å². The van der Waals surface area contributed by atoms with Crippen molar-refractivity contribution in [2.75, 3.05) is 12.9 Å². The van der Waals surface area contributed by atoms with Crippen LogP contribution in [0.15, 0.2) is 18.2 Å². The van der Waals surface area contributed by atoms with Crippen molar-refractivity contribution in [1.29, 1.82) is 0 Å². The van der Waals surface area contributed by atoms with E-state index >= 15 is 0 Å². The predicted octanol–water partition coefficient (Wildman–Crippen LogP) is 3.83. The second-order valence-electron chi connectivity index (χ2n) is 4.03. The molecule has 0 aliphatic rings. The maximum atomic E-state index is 11.8. The number of carbonyl (C=O) groups excluding carboxylic acids is 1. The average Bonchev–Trinajstić information content (AvgIpc) is 2.25. The number of nitrogens with zero attached hydrogens (tertiary/aromatic N) is 1. The fourth-order valence-electron chi connectivity index (χ4n) is 1.50. The minimum atomic E-state index is -0.184. The van der Waals surface area contributed by atoms with Crippen LogP contribution < -0.4 is 0 Å². The molecule has 1 amide bonds. The molecule has 17 heavy (non-hydrogen) atoms. The Morgan fingerprint density at radius 3 is 2.29 bits per heavy atom. The van der Waals surface area contributed by atoms with Gasteiger partial charge in [-0.1, -0.05) is 30.1 Å². The third-order valence-corrected chi connectivity index (χ3v) is 3.27. The molecule has 0 aliphatic carbocycles. The summed E-state index contributed by atoms with van der Waals surface area (Å²) in [5.41, 5.74) is 0.903. The normalized spacial score (nSPS) is 12.3. The Morgan fingerprint density at radius 2 is 1.82 bits per heavy atom. The van der Waals surface area contributed by atoms with Crippen LogP contribution in [-0.4, -0.2) is 23.7 Å². The molecule has 1 aromatic rings. The Bertz CT molecular complexity index is 388. The largest absolute Gasteiger partial charge is 0.341 e. The van der Waals surface area contributed by atoms with E-state index in [1.165, 1.54) is 0 Å². The van der Waals surface area contributed by atoms with Gasteiger partial charge in [-0.3, -0.25) is 4.79 Å². The third-order valence-electron chi connectivity index (χ3n) is 2.37. The van der Waals surface area contributed by atoms with Crippen LogP contribution in [0, 0.1) is 5.92 Å². The van der Waals surface area contributed by atoms with Crippen LogP contribution in [0.2, 0.25) is 10.0 Å². The maximum absolute atomic E-state index is 11.8. The molecule has 94 valence electrons. The lowest BCUT2D eigenvalue weighted by Gasteiger charge is -2.20. The van der Waals surface area contributed by atoms with E-state index < -0.39 is 0 Å². The molecule has 0 radical (unpaired) electrons. The lowest BCUT2D eigenvalue weighted by molar-refractivity contribution is -0.133. The smallest absolute Gasteiger partial charge is 0.226 e. The van der Waals surface area contributed by atoms with Crippen LogP contribution in [0.25, 0.3) is 0 Å². The topological polar surface area (TPSA) is 20.3 Å². The fourth-order valence-corrected chi connectivity index (χ4v) is 2.20. The van der Waals surface area contributed by atoms with Gasteiger partial charge in [0, 0.05) is 35.4 Å². The van der Waals surface area contributed by atoms with Gasteiger partial charge in [0.1, 0.15) is 0 Å². The number of rotatable bonds is 4. The van der Waals surface area contributed by atoms with Crippen LogP contribution in [0.4, 0.5) is 0 Å². The molecule has 1 rings (SSSR count). The Balaban J connectivity index is 2.74. The summed E-state index contributed by atoms with van der Waals surface area (Å²) in [7, 11) is 1.74. The minimum Gasteiger partial charge on any atom is -0.341 e. The molecule has 0 aliphatic heterocycles. The first-order valence-corrected chi connectivity index (χ1v) is 6.49. The SMILES string of the molecule is CC(CCl)C(=O)N(C)Cc1cc(Cl)cc(Cl)c1. The highest BCUT2D eigenvalue weighted by Gasteiger charge is 2.16. The number of carbonyl (C=O) groups is 1. The second kappa shape index (κ2) is 6.48. The van der Waals surface area contributed by atoms with Crippen molar-refractivity contribution < 1.29 is 4.79 Å². The van der Waals surface area contributed by atoms with Gasteiger partial charge in [0.15, 0.2) is 0 Å². The number of amides is 1. The summed E-state index contributed by atoms with van der Waals surface area (Å²) >= 11 is 17.4. The lowest BCUT2D eigenvalue weighted by atomic mass is 10.1. The Labute approximate surface area is 116 Å². The highest BCUT2D eigenvalue weighted by atomic mass is 35.5. The highest BCUT2D eigenvalue weighted by Crippen LogP contribution is 2.20. The van der Waals surface area contributed by atoms with E-state index in [1.807, 2.05) is 0 Å². The quantitative estimate of drug-likeness (QED) is 0.773. The molecule has 0 bridgehead atoms. The minimum absolute atomic E-state index is 0.0103. The molecule has 0 saturated carbocycles. The molecule has 0 saturated heterocycles. The first-order valence-electron chi connectivity index (χ1n) is 5.20. The summed E-state index contributed by atoms with van der Waals surface area (Å²) in [5, 5.41) is 1.14. The molecule has 0 fully saturated rings. The van der Waals surface area contributed by atoms with Crippen LogP contribution in [0.5, 0.6) is 0 Å². The zero-order chi connectivity index (χ0) is 13.0. The van der Waals surface area contributed by atoms with Crippen LogP contribution in [-0.2, 0) is 11.3 Å². The molecular formula is C12H14Cl3NO. The number of alkyl halides is 1. The fraction of sp³-hybridized carbons (Fsp3) is 0.417. The molecule has 0 heterocycles. The van der Waals surface area contributed by atoms with Gasteiger partial charge in [0.2, 0.25) is 5.91 Å². The zero-order valence-corrected chi connectivity index (χ0v) is 12.0. The van der Waals surface area contributed by atoms with Gasteiger partial charge in [-0.2, -0.15) is 0 Å². The Hall–Kier alpha value is -0.440. The molecule has 1 aromatic carbocycles.